The van der Waals surface area contributed by atoms with Gasteiger partial charge in [0, 0.05) is 18.3 Å². The Bertz CT molecular complexity index is 678. The Morgan fingerprint density at radius 3 is 2.00 bits per heavy atom. The lowest BCUT2D eigenvalue weighted by molar-refractivity contribution is -0.132. The van der Waals surface area contributed by atoms with Crippen molar-refractivity contribution in [2.24, 2.45) is 34.0 Å². The van der Waals surface area contributed by atoms with Gasteiger partial charge in [-0.25, -0.2) is 0 Å². The number of fused-ring (bicyclic) bond motifs is 5. The highest BCUT2D eigenvalue weighted by Crippen LogP contribution is 2.64. The Hall–Kier alpha value is -1.08. The first-order valence-electron chi connectivity index (χ1n) is 11.4. The molecule has 0 radical (unpaired) electrons. The summed E-state index contributed by atoms with van der Waals surface area (Å²) in [4.78, 5) is 24.1. The topological polar surface area (TPSA) is 115 Å². The molecule has 3 saturated carbocycles. The van der Waals surface area contributed by atoms with Crippen molar-refractivity contribution in [3.8, 4) is 0 Å². The molecular formula is C24H38O6. The van der Waals surface area contributed by atoms with E-state index in [1.807, 2.05) is 6.08 Å². The Morgan fingerprint density at radius 2 is 1.43 bits per heavy atom. The molecule has 30 heavy (non-hydrogen) atoms. The van der Waals surface area contributed by atoms with Crippen LogP contribution < -0.4 is 0 Å². The van der Waals surface area contributed by atoms with Crippen LogP contribution >= 0.6 is 0 Å². The molecule has 4 aliphatic rings. The standard InChI is InChI=1S/C19H26O2.C5H12O4/c1-18-9-7-13(20)11-12(18)3-4-14-15-5-6-17(21)19(15,2)10-8-16(14)18;6-1-5(2-7,3-8)4-9/h11,14-16H,3-10H2,1-2H3;6-9H,1-4H2/t14-,15-,16-,18-,19-;/m0./s1. The van der Waals surface area contributed by atoms with Crippen LogP contribution in [0.2, 0.25) is 0 Å². The number of aliphatic hydroxyl groups is 4. The number of rotatable bonds is 4. The van der Waals surface area contributed by atoms with Gasteiger partial charge >= 0.3 is 0 Å². The monoisotopic (exact) mass is 422 g/mol. The van der Waals surface area contributed by atoms with Gasteiger partial charge in [-0.3, -0.25) is 9.59 Å². The number of Topliss-reactive ketones (excluding diaryl/α,β-unsaturated/α-hetero) is 1. The first kappa shape index (κ1) is 23.6. The molecule has 6 nitrogen and oxygen atoms in total. The summed E-state index contributed by atoms with van der Waals surface area (Å²) >= 11 is 0. The van der Waals surface area contributed by atoms with E-state index in [9.17, 15) is 9.59 Å². The number of hydrogen-bond donors (Lipinski definition) is 4. The van der Waals surface area contributed by atoms with Crippen LogP contribution in [0.4, 0.5) is 0 Å². The molecule has 4 rings (SSSR count). The summed E-state index contributed by atoms with van der Waals surface area (Å²) in [6, 6.07) is 0. The second-order valence-corrected chi connectivity index (χ2v) is 10.5. The van der Waals surface area contributed by atoms with E-state index in [0.29, 0.717) is 29.3 Å². The maximum absolute atomic E-state index is 12.4. The molecule has 0 aromatic heterocycles. The van der Waals surface area contributed by atoms with Crippen LogP contribution in [0.15, 0.2) is 11.6 Å². The highest BCUT2D eigenvalue weighted by Gasteiger charge is 2.58. The smallest absolute Gasteiger partial charge is 0.155 e. The minimum atomic E-state index is -1.11. The van der Waals surface area contributed by atoms with Crippen molar-refractivity contribution in [2.45, 2.75) is 65.2 Å². The average molecular weight is 423 g/mol. The first-order valence-corrected chi connectivity index (χ1v) is 11.4. The predicted octanol–water partition coefficient (Wildman–Crippen LogP) is 2.03. The van der Waals surface area contributed by atoms with Crippen LogP contribution in [0.3, 0.4) is 0 Å². The molecule has 6 heteroatoms. The van der Waals surface area contributed by atoms with Crippen LogP contribution in [0.1, 0.15) is 65.2 Å². The van der Waals surface area contributed by atoms with Gasteiger partial charge in [-0.2, -0.15) is 0 Å². The second kappa shape index (κ2) is 8.81. The van der Waals surface area contributed by atoms with E-state index in [2.05, 4.69) is 13.8 Å². The van der Waals surface area contributed by atoms with Gasteiger partial charge in [0.1, 0.15) is 5.78 Å². The highest BCUT2D eigenvalue weighted by atomic mass is 16.3. The van der Waals surface area contributed by atoms with Gasteiger partial charge in [-0.1, -0.05) is 19.4 Å². The molecule has 0 aromatic rings. The zero-order valence-electron chi connectivity index (χ0n) is 18.4. The Labute approximate surface area is 179 Å². The van der Waals surface area contributed by atoms with E-state index in [4.69, 9.17) is 20.4 Å². The molecule has 0 bridgehead atoms. The molecule has 0 unspecified atom stereocenters. The fourth-order valence-corrected chi connectivity index (χ4v) is 6.63. The van der Waals surface area contributed by atoms with Crippen LogP contribution in [-0.4, -0.2) is 58.4 Å². The van der Waals surface area contributed by atoms with Gasteiger partial charge in [0.05, 0.1) is 31.8 Å². The molecule has 0 spiro atoms. The van der Waals surface area contributed by atoms with Crippen molar-refractivity contribution < 1.29 is 30.0 Å². The maximum Gasteiger partial charge on any atom is 0.155 e. The number of allylic oxidation sites excluding steroid dienone is 1. The Kier molecular flexibility index (Phi) is 6.93. The van der Waals surface area contributed by atoms with Gasteiger partial charge in [-0.05, 0) is 67.8 Å². The zero-order valence-corrected chi connectivity index (χ0v) is 18.4. The minimum absolute atomic E-state index is 0.0246. The van der Waals surface area contributed by atoms with Crippen molar-refractivity contribution in [1.82, 2.24) is 0 Å². The molecule has 5 atom stereocenters. The quantitative estimate of drug-likeness (QED) is 0.551. The molecule has 0 heterocycles. The molecule has 0 amide bonds. The summed E-state index contributed by atoms with van der Waals surface area (Å²) in [5, 5.41) is 34.0. The third kappa shape index (κ3) is 3.81. The molecule has 170 valence electrons. The van der Waals surface area contributed by atoms with E-state index in [0.717, 1.165) is 38.5 Å². The largest absolute Gasteiger partial charge is 0.396 e. The first-order chi connectivity index (χ1) is 14.2. The highest BCUT2D eigenvalue weighted by molar-refractivity contribution is 5.91. The summed E-state index contributed by atoms with van der Waals surface area (Å²) < 4.78 is 0. The van der Waals surface area contributed by atoms with E-state index in [-0.39, 0.29) is 10.8 Å². The van der Waals surface area contributed by atoms with E-state index >= 15 is 0 Å². The van der Waals surface area contributed by atoms with E-state index in [1.54, 1.807) is 0 Å². The molecule has 0 saturated heterocycles. The van der Waals surface area contributed by atoms with Crippen LogP contribution in [-0.2, 0) is 9.59 Å². The maximum atomic E-state index is 12.4. The van der Waals surface area contributed by atoms with Crippen molar-refractivity contribution >= 4 is 11.6 Å². The number of carbonyl (C=O) groups excluding carboxylic acids is 2. The van der Waals surface area contributed by atoms with Gasteiger partial charge < -0.3 is 20.4 Å². The van der Waals surface area contributed by atoms with Crippen molar-refractivity contribution in [1.29, 1.82) is 0 Å². The van der Waals surface area contributed by atoms with Crippen LogP contribution in [0.5, 0.6) is 0 Å². The van der Waals surface area contributed by atoms with Crippen LogP contribution in [0, 0.1) is 34.0 Å². The van der Waals surface area contributed by atoms with Crippen molar-refractivity contribution in [3.05, 3.63) is 11.6 Å². The lowest BCUT2D eigenvalue weighted by Crippen LogP contribution is -2.50. The molecule has 0 aromatic carbocycles. The summed E-state index contributed by atoms with van der Waals surface area (Å²) in [5.41, 5.74) is 0.528. The average Bonchev–Trinajstić information content (AvgIpc) is 3.06. The van der Waals surface area contributed by atoms with Gasteiger partial charge in [0.2, 0.25) is 0 Å². The molecule has 3 fully saturated rings. The summed E-state index contributed by atoms with van der Waals surface area (Å²) in [6.07, 6.45) is 10.2. The van der Waals surface area contributed by atoms with Crippen molar-refractivity contribution in [2.75, 3.05) is 26.4 Å². The molecule has 0 aliphatic heterocycles. The number of carbonyl (C=O) groups is 2. The number of hydrogen-bond acceptors (Lipinski definition) is 6. The van der Waals surface area contributed by atoms with E-state index < -0.39 is 31.8 Å². The van der Waals surface area contributed by atoms with Crippen molar-refractivity contribution in [3.63, 3.8) is 0 Å². The van der Waals surface area contributed by atoms with Gasteiger partial charge in [0.15, 0.2) is 5.78 Å². The van der Waals surface area contributed by atoms with Gasteiger partial charge in [-0.15, -0.1) is 0 Å². The van der Waals surface area contributed by atoms with E-state index in [1.165, 1.54) is 18.4 Å². The minimum Gasteiger partial charge on any atom is -0.396 e. The Morgan fingerprint density at radius 1 is 0.833 bits per heavy atom. The number of ketones is 2. The number of aliphatic hydroxyl groups excluding tert-OH is 4. The lowest BCUT2D eigenvalue weighted by Gasteiger charge is -2.56. The fourth-order valence-electron chi connectivity index (χ4n) is 6.63. The van der Waals surface area contributed by atoms with Crippen LogP contribution in [0.25, 0.3) is 0 Å². The summed E-state index contributed by atoms with van der Waals surface area (Å²) in [6.45, 7) is 3.02. The second-order valence-electron chi connectivity index (χ2n) is 10.5. The summed E-state index contributed by atoms with van der Waals surface area (Å²) in [7, 11) is 0. The SMILES string of the molecule is C[C@]12CCC(=O)C=C1CC[C@@H]1[C@@H]2CC[C@]2(C)C(=O)CC[C@@H]12.OCC(CO)(CO)CO. The molecule has 4 N–H and O–H groups in total. The molecular weight excluding hydrogens is 384 g/mol. The lowest BCUT2D eigenvalue weighted by atomic mass is 9.47. The summed E-state index contributed by atoms with van der Waals surface area (Å²) in [5.74, 6) is 2.88. The Balaban J connectivity index is 0.000000244. The zero-order chi connectivity index (χ0) is 22.2. The van der Waals surface area contributed by atoms with Gasteiger partial charge in [0.25, 0.3) is 0 Å². The molecule has 4 aliphatic carbocycles. The predicted molar refractivity (Wildman–Crippen MR) is 112 cm³/mol. The normalized spacial score (nSPS) is 38.1. The third-order valence-corrected chi connectivity index (χ3v) is 9.01. The fraction of sp³-hybridized carbons (Fsp3) is 0.833. The third-order valence-electron chi connectivity index (χ3n) is 9.01.